The molecule has 2 atom stereocenters. The quantitative estimate of drug-likeness (QED) is 0.537. The van der Waals surface area contributed by atoms with E-state index in [4.69, 9.17) is 32.7 Å². The van der Waals surface area contributed by atoms with E-state index in [1.54, 1.807) is 14.2 Å². The normalized spacial score (nSPS) is 23.5. The van der Waals surface area contributed by atoms with Crippen molar-refractivity contribution >= 4 is 28.9 Å². The molecule has 2 aromatic carbocycles. The molecule has 0 aromatic heterocycles. The van der Waals surface area contributed by atoms with Gasteiger partial charge in [0.15, 0.2) is 16.6 Å². The summed E-state index contributed by atoms with van der Waals surface area (Å²) < 4.78 is 10.8. The summed E-state index contributed by atoms with van der Waals surface area (Å²) in [6.07, 6.45) is 0. The number of methoxy groups -OCH3 is 2. The lowest BCUT2D eigenvalue weighted by Crippen LogP contribution is -2.53. The van der Waals surface area contributed by atoms with Gasteiger partial charge in [-0.25, -0.2) is 0 Å². The van der Waals surface area contributed by atoms with E-state index in [0.29, 0.717) is 18.0 Å². The molecule has 3 N–H and O–H groups in total. The van der Waals surface area contributed by atoms with Gasteiger partial charge in [-0.2, -0.15) is 5.43 Å². The number of hydrogen-bond acceptors (Lipinski definition) is 5. The van der Waals surface area contributed by atoms with Crippen molar-refractivity contribution in [2.75, 3.05) is 14.2 Å². The third-order valence-corrected chi connectivity index (χ3v) is 5.62. The summed E-state index contributed by atoms with van der Waals surface area (Å²) in [6, 6.07) is 13.9. The zero-order valence-electron chi connectivity index (χ0n) is 14.4. The first-order valence-corrected chi connectivity index (χ1v) is 9.05. The molecule has 1 aliphatic heterocycles. The van der Waals surface area contributed by atoms with Gasteiger partial charge in [0, 0.05) is 17.7 Å². The van der Waals surface area contributed by atoms with Crippen LogP contribution in [0.25, 0.3) is 5.70 Å². The van der Waals surface area contributed by atoms with Gasteiger partial charge < -0.3 is 14.9 Å². The Morgan fingerprint density at radius 1 is 1.12 bits per heavy atom. The third-order valence-electron chi connectivity index (χ3n) is 4.73. The van der Waals surface area contributed by atoms with Crippen LogP contribution in [-0.4, -0.2) is 19.3 Å². The molecule has 2 aromatic rings. The first kappa shape index (κ1) is 17.5. The Kier molecular flexibility index (Phi) is 4.49. The summed E-state index contributed by atoms with van der Waals surface area (Å²) in [5, 5.41) is 1.98. The number of hydrogen-bond donors (Lipinski definition) is 3. The molecule has 5 nitrogen and oxygen atoms in total. The molecular formula is C19H19Cl2N3O2. The lowest BCUT2D eigenvalue weighted by molar-refractivity contribution is 0.354. The highest BCUT2D eigenvalue weighted by molar-refractivity contribution is 6.31. The van der Waals surface area contributed by atoms with E-state index in [0.717, 1.165) is 28.0 Å². The van der Waals surface area contributed by atoms with Gasteiger partial charge in [0.05, 0.1) is 25.3 Å². The first-order chi connectivity index (χ1) is 12.6. The predicted octanol–water partition coefficient (Wildman–Crippen LogP) is 3.50. The predicted molar refractivity (Wildman–Crippen MR) is 103 cm³/mol. The van der Waals surface area contributed by atoms with Crippen molar-refractivity contribution in [3.8, 4) is 11.5 Å². The van der Waals surface area contributed by atoms with Crippen LogP contribution in [-0.2, 0) is 6.54 Å². The lowest BCUT2D eigenvalue weighted by Gasteiger charge is -2.28. The molecule has 0 saturated carbocycles. The number of nitrogens with one attached hydrogen (secondary N) is 3. The Hall–Kier alpha value is -1.92. The summed E-state index contributed by atoms with van der Waals surface area (Å²) in [4.78, 5) is 0. The Morgan fingerprint density at radius 3 is 2.50 bits per heavy atom. The van der Waals surface area contributed by atoms with Crippen LogP contribution in [0, 0.1) is 0 Å². The number of fused-ring (bicyclic) bond motifs is 2. The van der Waals surface area contributed by atoms with Crippen LogP contribution in [0.3, 0.4) is 0 Å². The van der Waals surface area contributed by atoms with Crippen molar-refractivity contribution in [3.63, 3.8) is 0 Å². The van der Waals surface area contributed by atoms with Gasteiger partial charge in [0.2, 0.25) is 0 Å². The van der Waals surface area contributed by atoms with Crippen molar-refractivity contribution in [1.29, 1.82) is 0 Å². The first-order valence-electron chi connectivity index (χ1n) is 8.23. The van der Waals surface area contributed by atoms with Gasteiger partial charge in [0.1, 0.15) is 0 Å². The van der Waals surface area contributed by atoms with E-state index in [2.05, 4.69) is 16.2 Å². The molecule has 26 heavy (non-hydrogen) atoms. The van der Waals surface area contributed by atoms with Gasteiger partial charge in [0.25, 0.3) is 0 Å². The number of alkyl halides is 2. The van der Waals surface area contributed by atoms with Gasteiger partial charge >= 0.3 is 0 Å². The van der Waals surface area contributed by atoms with E-state index in [-0.39, 0.29) is 5.38 Å². The molecule has 0 spiro atoms. The molecule has 2 unspecified atom stereocenters. The Bertz CT molecular complexity index is 873. The van der Waals surface area contributed by atoms with Crippen LogP contribution in [0.1, 0.15) is 22.1 Å². The van der Waals surface area contributed by atoms with Crippen LogP contribution >= 0.6 is 23.2 Å². The van der Waals surface area contributed by atoms with Crippen LogP contribution in [0.2, 0.25) is 0 Å². The Balaban J connectivity index is 1.66. The second kappa shape index (κ2) is 6.67. The fraction of sp³-hybridized carbons (Fsp3) is 0.263. The molecule has 136 valence electrons. The molecule has 4 rings (SSSR count). The molecule has 7 heteroatoms. The monoisotopic (exact) mass is 391 g/mol. The van der Waals surface area contributed by atoms with Crippen LogP contribution in [0.15, 0.2) is 48.0 Å². The standard InChI is InChI=1S/C19H19Cl2N3O2/c1-25-14-8-12-13(9-15(14)26-2)18-16(17(12)20)19(21,24-23-18)22-10-11-6-4-3-5-7-11/h3-9,17,22-24H,10H2,1-2H3. The highest BCUT2D eigenvalue weighted by Gasteiger charge is 2.48. The SMILES string of the molecule is COc1cc2c(cc1OC)C(Cl)C1=C2NNC1(Cl)NCc1ccccc1. The summed E-state index contributed by atoms with van der Waals surface area (Å²) in [6.45, 7) is 0.600. The van der Waals surface area contributed by atoms with Crippen LogP contribution in [0.4, 0.5) is 0 Å². The van der Waals surface area contributed by atoms with Crippen LogP contribution < -0.4 is 25.6 Å². The minimum atomic E-state index is -0.989. The molecular weight excluding hydrogens is 373 g/mol. The summed E-state index contributed by atoms with van der Waals surface area (Å²) in [5.74, 6) is 1.29. The number of halogens is 2. The number of ether oxygens (including phenoxy) is 2. The maximum atomic E-state index is 6.86. The Morgan fingerprint density at radius 2 is 1.81 bits per heavy atom. The van der Waals surface area contributed by atoms with E-state index in [1.165, 1.54) is 0 Å². The lowest BCUT2D eigenvalue weighted by atomic mass is 10.1. The van der Waals surface area contributed by atoms with E-state index in [1.807, 2.05) is 42.5 Å². The average Bonchev–Trinajstić information content (AvgIpc) is 3.16. The zero-order valence-corrected chi connectivity index (χ0v) is 15.9. The highest BCUT2D eigenvalue weighted by Crippen LogP contribution is 2.52. The minimum Gasteiger partial charge on any atom is -0.493 e. The van der Waals surface area contributed by atoms with Gasteiger partial charge in [-0.1, -0.05) is 41.9 Å². The van der Waals surface area contributed by atoms with Crippen molar-refractivity contribution in [1.82, 2.24) is 16.2 Å². The average molecular weight is 392 g/mol. The molecule has 1 aliphatic carbocycles. The van der Waals surface area contributed by atoms with Crippen molar-refractivity contribution in [2.24, 2.45) is 0 Å². The number of rotatable bonds is 5. The molecule has 2 aliphatic rings. The summed E-state index contributed by atoms with van der Waals surface area (Å²) in [5.41, 5.74) is 11.0. The third kappa shape index (κ3) is 2.72. The zero-order chi connectivity index (χ0) is 18.3. The van der Waals surface area contributed by atoms with Crippen molar-refractivity contribution < 1.29 is 9.47 Å². The fourth-order valence-corrected chi connectivity index (χ4v) is 4.23. The van der Waals surface area contributed by atoms with E-state index >= 15 is 0 Å². The van der Waals surface area contributed by atoms with Crippen LogP contribution in [0.5, 0.6) is 11.5 Å². The van der Waals surface area contributed by atoms with E-state index in [9.17, 15) is 0 Å². The van der Waals surface area contributed by atoms with Gasteiger partial charge in [-0.15, -0.1) is 11.6 Å². The largest absolute Gasteiger partial charge is 0.493 e. The fourth-order valence-electron chi connectivity index (χ4n) is 3.40. The maximum Gasteiger partial charge on any atom is 0.189 e. The molecule has 0 saturated heterocycles. The minimum absolute atomic E-state index is 0.386. The van der Waals surface area contributed by atoms with Crippen molar-refractivity contribution in [2.45, 2.75) is 17.0 Å². The Labute approximate surface area is 162 Å². The smallest absolute Gasteiger partial charge is 0.189 e. The van der Waals surface area contributed by atoms with Crippen molar-refractivity contribution in [3.05, 3.63) is 64.7 Å². The number of hydrazine groups is 1. The summed E-state index contributed by atoms with van der Waals surface area (Å²) in [7, 11) is 3.22. The molecule has 0 bridgehead atoms. The molecule has 1 heterocycles. The molecule has 0 radical (unpaired) electrons. The molecule has 0 fully saturated rings. The highest BCUT2D eigenvalue weighted by atomic mass is 35.5. The topological polar surface area (TPSA) is 54.6 Å². The van der Waals surface area contributed by atoms with Gasteiger partial charge in [-0.05, 0) is 23.3 Å². The van der Waals surface area contributed by atoms with E-state index < -0.39 is 5.12 Å². The second-order valence-electron chi connectivity index (χ2n) is 6.19. The summed E-state index contributed by atoms with van der Waals surface area (Å²) >= 11 is 13.6. The maximum absolute atomic E-state index is 6.86. The molecule has 0 amide bonds. The number of benzene rings is 2. The second-order valence-corrected chi connectivity index (χ2v) is 7.20. The van der Waals surface area contributed by atoms with Gasteiger partial charge in [-0.3, -0.25) is 5.32 Å².